The molecule has 1 spiro atoms. The van der Waals surface area contributed by atoms with Crippen LogP contribution in [0.3, 0.4) is 0 Å². The summed E-state index contributed by atoms with van der Waals surface area (Å²) in [5.41, 5.74) is 0.734. The number of rotatable bonds is 2. The van der Waals surface area contributed by atoms with E-state index in [4.69, 9.17) is 9.84 Å². The summed E-state index contributed by atoms with van der Waals surface area (Å²) in [6, 6.07) is 9.09. The average Bonchev–Trinajstić information content (AvgIpc) is 3.24. The van der Waals surface area contributed by atoms with Crippen LogP contribution in [0.4, 0.5) is 9.59 Å². The van der Waals surface area contributed by atoms with Gasteiger partial charge in [0.05, 0.1) is 6.04 Å². The van der Waals surface area contributed by atoms with Gasteiger partial charge in [0.2, 0.25) is 5.91 Å². The van der Waals surface area contributed by atoms with Crippen LogP contribution in [-0.4, -0.2) is 52.1 Å². The molecule has 0 radical (unpaired) electrons. The summed E-state index contributed by atoms with van der Waals surface area (Å²) in [4.78, 5) is 39.1. The molecule has 0 bridgehead atoms. The molecule has 3 aliphatic rings. The lowest BCUT2D eigenvalue weighted by molar-refractivity contribution is -0.131. The largest absolute Gasteiger partial charge is 0.465 e. The van der Waals surface area contributed by atoms with Crippen LogP contribution in [0, 0.1) is 11.3 Å². The normalized spacial score (nSPS) is 29.6. The van der Waals surface area contributed by atoms with E-state index in [1.807, 2.05) is 37.3 Å². The summed E-state index contributed by atoms with van der Waals surface area (Å²) >= 11 is 0. The first-order valence-electron chi connectivity index (χ1n) is 8.99. The summed E-state index contributed by atoms with van der Waals surface area (Å²) in [7, 11) is 0. The van der Waals surface area contributed by atoms with Gasteiger partial charge in [-0.05, 0) is 37.2 Å². The zero-order valence-corrected chi connectivity index (χ0v) is 14.6. The second-order valence-corrected chi connectivity index (χ2v) is 7.55. The molecule has 1 aromatic carbocycles. The molecule has 2 aliphatic heterocycles. The number of carboxylic acid groups (broad SMARTS) is 1. The quantitative estimate of drug-likeness (QED) is 0.878. The minimum Gasteiger partial charge on any atom is -0.465 e. The average molecular weight is 358 g/mol. The van der Waals surface area contributed by atoms with Crippen molar-refractivity contribution in [3.8, 4) is 0 Å². The number of ether oxygens (including phenoxy) is 1. The summed E-state index contributed by atoms with van der Waals surface area (Å²) in [5, 5.41) is 9.07. The van der Waals surface area contributed by atoms with E-state index in [1.165, 1.54) is 9.80 Å². The van der Waals surface area contributed by atoms with E-state index in [9.17, 15) is 14.4 Å². The lowest BCUT2D eigenvalue weighted by Gasteiger charge is -2.31. The van der Waals surface area contributed by atoms with E-state index in [0.717, 1.165) is 12.0 Å². The van der Waals surface area contributed by atoms with Crippen LogP contribution in [0.5, 0.6) is 0 Å². The molecule has 26 heavy (non-hydrogen) atoms. The second-order valence-electron chi connectivity index (χ2n) is 7.55. The molecule has 7 nitrogen and oxygen atoms in total. The molecular formula is C19H22N2O5. The predicted octanol–water partition coefficient (Wildman–Crippen LogP) is 2.88. The minimum absolute atomic E-state index is 0.145. The van der Waals surface area contributed by atoms with Gasteiger partial charge >= 0.3 is 12.2 Å². The number of hydrogen-bond donors (Lipinski definition) is 1. The number of carbonyl (C=O) groups excluding carboxylic acids is 2. The molecule has 1 aliphatic carbocycles. The number of hydrogen-bond acceptors (Lipinski definition) is 4. The van der Waals surface area contributed by atoms with Crippen molar-refractivity contribution in [2.24, 2.45) is 11.3 Å². The number of imide groups is 1. The van der Waals surface area contributed by atoms with Crippen LogP contribution >= 0.6 is 0 Å². The first-order valence-corrected chi connectivity index (χ1v) is 8.99. The summed E-state index contributed by atoms with van der Waals surface area (Å²) in [5.74, 6) is -0.382. The van der Waals surface area contributed by atoms with E-state index < -0.39 is 18.3 Å². The second kappa shape index (κ2) is 6.00. The minimum atomic E-state index is -0.911. The highest BCUT2D eigenvalue weighted by molar-refractivity contribution is 5.97. The number of likely N-dealkylation sites (tertiary alicyclic amines) is 1. The zero-order valence-electron chi connectivity index (χ0n) is 14.6. The third-order valence-electron chi connectivity index (χ3n) is 6.15. The van der Waals surface area contributed by atoms with Gasteiger partial charge in [0.25, 0.3) is 0 Å². The lowest BCUT2D eigenvalue weighted by Crippen LogP contribution is -2.42. The topological polar surface area (TPSA) is 87.2 Å². The fraction of sp³-hybridized carbons (Fsp3) is 0.526. The van der Waals surface area contributed by atoms with Crippen molar-refractivity contribution in [1.29, 1.82) is 0 Å². The number of nitrogens with zero attached hydrogens (tertiary/aromatic N) is 2. The van der Waals surface area contributed by atoms with E-state index in [1.54, 1.807) is 0 Å². The molecule has 0 unspecified atom stereocenters. The SMILES string of the molecule is C[C@H]1[C@@H](c2ccccc2)OC(=O)N1C(=O)[C@@H]1CC12CCN(C(=O)O)CC2. The smallest absolute Gasteiger partial charge is 0.417 e. The molecule has 1 N–H and O–H groups in total. The molecular weight excluding hydrogens is 336 g/mol. The van der Waals surface area contributed by atoms with Crippen LogP contribution in [0.2, 0.25) is 0 Å². The van der Waals surface area contributed by atoms with Crippen molar-refractivity contribution in [1.82, 2.24) is 9.80 Å². The Labute approximate surface area is 151 Å². The number of carbonyl (C=O) groups is 3. The van der Waals surface area contributed by atoms with Gasteiger partial charge in [0.15, 0.2) is 0 Å². The molecule has 2 saturated heterocycles. The number of benzene rings is 1. The van der Waals surface area contributed by atoms with Crippen LogP contribution in [-0.2, 0) is 9.53 Å². The maximum Gasteiger partial charge on any atom is 0.417 e. The number of piperidine rings is 1. The van der Waals surface area contributed by atoms with Crippen molar-refractivity contribution in [3.63, 3.8) is 0 Å². The van der Waals surface area contributed by atoms with Crippen LogP contribution in [0.25, 0.3) is 0 Å². The highest BCUT2D eigenvalue weighted by atomic mass is 16.6. The summed E-state index contributed by atoms with van der Waals surface area (Å²) in [6.07, 6.45) is 0.138. The van der Waals surface area contributed by atoms with E-state index in [0.29, 0.717) is 25.9 Å². The molecule has 2 heterocycles. The maximum absolute atomic E-state index is 13.0. The zero-order chi connectivity index (χ0) is 18.5. The van der Waals surface area contributed by atoms with Gasteiger partial charge in [-0.2, -0.15) is 0 Å². The fourth-order valence-electron chi connectivity index (χ4n) is 4.41. The van der Waals surface area contributed by atoms with Gasteiger partial charge in [0.1, 0.15) is 6.10 Å². The Morgan fingerprint density at radius 1 is 1.19 bits per heavy atom. The number of cyclic esters (lactones) is 1. The van der Waals surface area contributed by atoms with Crippen molar-refractivity contribution in [3.05, 3.63) is 35.9 Å². The van der Waals surface area contributed by atoms with Crippen molar-refractivity contribution < 1.29 is 24.2 Å². The van der Waals surface area contributed by atoms with Gasteiger partial charge in [-0.25, -0.2) is 14.5 Å². The third kappa shape index (κ3) is 2.62. The Bertz CT molecular complexity index is 742. The first kappa shape index (κ1) is 16.9. The molecule has 138 valence electrons. The van der Waals surface area contributed by atoms with Gasteiger partial charge in [-0.1, -0.05) is 30.3 Å². The number of amides is 3. The Morgan fingerprint density at radius 2 is 1.85 bits per heavy atom. The Balaban J connectivity index is 1.45. The monoisotopic (exact) mass is 358 g/mol. The van der Waals surface area contributed by atoms with E-state index in [2.05, 4.69) is 0 Å². The molecule has 0 aromatic heterocycles. The molecule has 3 fully saturated rings. The third-order valence-corrected chi connectivity index (χ3v) is 6.15. The van der Waals surface area contributed by atoms with Crippen LogP contribution < -0.4 is 0 Å². The highest BCUT2D eigenvalue weighted by Gasteiger charge is 2.62. The molecule has 4 rings (SSSR count). The first-order chi connectivity index (χ1) is 12.4. The van der Waals surface area contributed by atoms with Gasteiger partial charge in [-0.15, -0.1) is 0 Å². The molecule has 3 amide bonds. The van der Waals surface area contributed by atoms with Gasteiger partial charge < -0.3 is 14.7 Å². The molecule has 3 atom stereocenters. The Morgan fingerprint density at radius 3 is 2.46 bits per heavy atom. The summed E-state index contributed by atoms with van der Waals surface area (Å²) in [6.45, 7) is 2.74. The van der Waals surface area contributed by atoms with Crippen LogP contribution in [0.15, 0.2) is 30.3 Å². The van der Waals surface area contributed by atoms with Crippen molar-refractivity contribution in [2.75, 3.05) is 13.1 Å². The summed E-state index contributed by atoms with van der Waals surface area (Å²) < 4.78 is 5.48. The fourth-order valence-corrected chi connectivity index (χ4v) is 4.41. The van der Waals surface area contributed by atoms with E-state index >= 15 is 0 Å². The lowest BCUT2D eigenvalue weighted by atomic mass is 9.90. The van der Waals surface area contributed by atoms with E-state index in [-0.39, 0.29) is 23.3 Å². The van der Waals surface area contributed by atoms with Gasteiger partial charge in [-0.3, -0.25) is 4.79 Å². The van der Waals surface area contributed by atoms with Crippen molar-refractivity contribution in [2.45, 2.75) is 38.3 Å². The molecule has 7 heteroatoms. The van der Waals surface area contributed by atoms with Gasteiger partial charge in [0, 0.05) is 19.0 Å². The predicted molar refractivity (Wildman–Crippen MR) is 91.3 cm³/mol. The van der Waals surface area contributed by atoms with Crippen LogP contribution in [0.1, 0.15) is 37.9 Å². The molecule has 1 saturated carbocycles. The highest BCUT2D eigenvalue weighted by Crippen LogP contribution is 2.60. The van der Waals surface area contributed by atoms with Crippen molar-refractivity contribution >= 4 is 18.1 Å². The Kier molecular flexibility index (Phi) is 3.89. The standard InChI is InChI=1S/C19H22N2O5/c1-12-15(13-5-3-2-4-6-13)26-18(25)21(12)16(22)14-11-19(14)7-9-20(10-8-19)17(23)24/h2-6,12,14-15H,7-11H2,1H3,(H,23,24)/t12-,14-,15-/m0/s1. The molecule has 1 aromatic rings. The Hall–Kier alpha value is -2.57. The maximum atomic E-state index is 13.0.